The standard InChI is InChI=1S/C13H17FINO2/c1-17-13(18-2)9-5-6-16(8-9)12-4-3-10(15)7-11(12)14/h3-4,7,9,13H,5-6,8H2,1-2H3. The maximum atomic E-state index is 13.9. The van der Waals surface area contributed by atoms with Gasteiger partial charge in [0.25, 0.3) is 0 Å². The first kappa shape index (κ1) is 14.0. The van der Waals surface area contributed by atoms with Gasteiger partial charge in [0.2, 0.25) is 0 Å². The lowest BCUT2D eigenvalue weighted by Crippen LogP contribution is -2.28. The second kappa shape index (κ2) is 6.16. The molecule has 1 atom stereocenters. The summed E-state index contributed by atoms with van der Waals surface area (Å²) in [6.45, 7) is 1.61. The second-order valence-corrected chi connectivity index (χ2v) is 5.68. The Morgan fingerprint density at radius 1 is 1.39 bits per heavy atom. The van der Waals surface area contributed by atoms with Crippen LogP contribution in [0.4, 0.5) is 10.1 Å². The molecule has 0 saturated carbocycles. The van der Waals surface area contributed by atoms with Crippen LogP contribution in [0.15, 0.2) is 18.2 Å². The fraction of sp³-hybridized carbons (Fsp3) is 0.538. The van der Waals surface area contributed by atoms with Crippen molar-refractivity contribution in [1.29, 1.82) is 0 Å². The molecule has 0 amide bonds. The summed E-state index contributed by atoms with van der Waals surface area (Å²) in [5.74, 6) is 0.132. The zero-order valence-corrected chi connectivity index (χ0v) is 12.7. The van der Waals surface area contributed by atoms with E-state index in [9.17, 15) is 4.39 Å². The van der Waals surface area contributed by atoms with E-state index in [0.717, 1.165) is 23.1 Å². The Morgan fingerprint density at radius 3 is 2.72 bits per heavy atom. The summed E-state index contributed by atoms with van der Waals surface area (Å²) < 4.78 is 25.3. The number of hydrogen-bond donors (Lipinski definition) is 0. The molecule has 2 rings (SSSR count). The Kier molecular flexibility index (Phi) is 4.80. The summed E-state index contributed by atoms with van der Waals surface area (Å²) in [6, 6.07) is 5.33. The molecule has 0 N–H and O–H groups in total. The molecule has 0 bridgehead atoms. The van der Waals surface area contributed by atoms with E-state index in [4.69, 9.17) is 9.47 Å². The van der Waals surface area contributed by atoms with E-state index in [-0.39, 0.29) is 12.1 Å². The lowest BCUT2D eigenvalue weighted by atomic mass is 10.1. The highest BCUT2D eigenvalue weighted by Gasteiger charge is 2.30. The molecule has 100 valence electrons. The van der Waals surface area contributed by atoms with Gasteiger partial charge < -0.3 is 14.4 Å². The van der Waals surface area contributed by atoms with Gasteiger partial charge in [-0.3, -0.25) is 0 Å². The molecule has 0 spiro atoms. The highest BCUT2D eigenvalue weighted by atomic mass is 127. The van der Waals surface area contributed by atoms with Crippen LogP contribution in [0.3, 0.4) is 0 Å². The molecule has 1 aromatic rings. The minimum absolute atomic E-state index is 0.158. The number of hydrogen-bond acceptors (Lipinski definition) is 3. The largest absolute Gasteiger partial charge is 0.369 e. The van der Waals surface area contributed by atoms with Crippen molar-refractivity contribution in [2.24, 2.45) is 5.92 Å². The molecule has 3 nitrogen and oxygen atoms in total. The number of methoxy groups -OCH3 is 2. The van der Waals surface area contributed by atoms with E-state index in [0.29, 0.717) is 11.6 Å². The van der Waals surface area contributed by atoms with E-state index in [1.165, 1.54) is 0 Å². The summed E-state index contributed by atoms with van der Waals surface area (Å²) in [4.78, 5) is 2.06. The van der Waals surface area contributed by atoms with Gasteiger partial charge in [0.05, 0.1) is 5.69 Å². The van der Waals surface area contributed by atoms with Gasteiger partial charge in [-0.25, -0.2) is 4.39 Å². The van der Waals surface area contributed by atoms with Crippen molar-refractivity contribution in [3.05, 3.63) is 27.6 Å². The third kappa shape index (κ3) is 2.95. The normalized spacial score (nSPS) is 19.8. The van der Waals surface area contributed by atoms with Crippen molar-refractivity contribution in [2.75, 3.05) is 32.2 Å². The van der Waals surface area contributed by atoms with Gasteiger partial charge in [0.1, 0.15) is 5.82 Å². The Labute approximate surface area is 120 Å². The summed E-state index contributed by atoms with van der Waals surface area (Å²) in [5.41, 5.74) is 0.670. The van der Waals surface area contributed by atoms with E-state index in [1.807, 2.05) is 12.1 Å². The SMILES string of the molecule is COC(OC)C1CCN(c2ccc(I)cc2F)C1. The van der Waals surface area contributed by atoms with Gasteiger partial charge in [-0.15, -0.1) is 0 Å². The Balaban J connectivity index is 2.08. The van der Waals surface area contributed by atoms with Gasteiger partial charge in [-0.05, 0) is 47.2 Å². The van der Waals surface area contributed by atoms with Gasteiger partial charge in [0, 0.05) is 36.8 Å². The van der Waals surface area contributed by atoms with Crippen LogP contribution in [-0.2, 0) is 9.47 Å². The number of rotatable bonds is 4. The van der Waals surface area contributed by atoms with Gasteiger partial charge in [-0.1, -0.05) is 0 Å². The average Bonchev–Trinajstić information content (AvgIpc) is 2.80. The third-order valence-electron chi connectivity index (χ3n) is 3.32. The van der Waals surface area contributed by atoms with Crippen LogP contribution < -0.4 is 4.90 Å². The van der Waals surface area contributed by atoms with E-state index in [1.54, 1.807) is 20.3 Å². The average molecular weight is 365 g/mol. The van der Waals surface area contributed by atoms with E-state index < -0.39 is 0 Å². The fourth-order valence-corrected chi connectivity index (χ4v) is 2.90. The molecule has 1 aliphatic rings. The molecule has 1 unspecified atom stereocenters. The highest BCUT2D eigenvalue weighted by molar-refractivity contribution is 14.1. The first-order valence-corrected chi connectivity index (χ1v) is 6.99. The summed E-state index contributed by atoms with van der Waals surface area (Å²) in [5, 5.41) is 0. The second-order valence-electron chi connectivity index (χ2n) is 4.43. The number of ether oxygens (including phenoxy) is 2. The number of halogens is 2. The molecule has 1 fully saturated rings. The van der Waals surface area contributed by atoms with Crippen LogP contribution in [0.1, 0.15) is 6.42 Å². The third-order valence-corrected chi connectivity index (χ3v) is 4.00. The van der Waals surface area contributed by atoms with E-state index >= 15 is 0 Å². The van der Waals surface area contributed by atoms with E-state index in [2.05, 4.69) is 27.5 Å². The Hall–Kier alpha value is -0.400. The smallest absolute Gasteiger partial charge is 0.161 e. The maximum Gasteiger partial charge on any atom is 0.161 e. The van der Waals surface area contributed by atoms with Crippen LogP contribution in [0.5, 0.6) is 0 Å². The van der Waals surface area contributed by atoms with Crippen LogP contribution in [-0.4, -0.2) is 33.6 Å². The summed E-state index contributed by atoms with van der Waals surface area (Å²) >= 11 is 2.11. The molecule has 0 aliphatic carbocycles. The molecule has 5 heteroatoms. The van der Waals surface area contributed by atoms with Crippen LogP contribution >= 0.6 is 22.6 Å². The van der Waals surface area contributed by atoms with Crippen LogP contribution in [0, 0.1) is 15.3 Å². The van der Waals surface area contributed by atoms with Crippen molar-refractivity contribution >= 4 is 28.3 Å². The lowest BCUT2D eigenvalue weighted by Gasteiger charge is -2.22. The summed E-state index contributed by atoms with van der Waals surface area (Å²) in [6.07, 6.45) is 0.750. The molecule has 1 saturated heterocycles. The quantitative estimate of drug-likeness (QED) is 0.605. The molecule has 18 heavy (non-hydrogen) atoms. The minimum atomic E-state index is -0.207. The monoisotopic (exact) mass is 365 g/mol. The number of benzene rings is 1. The summed E-state index contributed by atoms with van der Waals surface area (Å²) in [7, 11) is 3.28. The molecule has 0 radical (unpaired) electrons. The molecule has 0 aromatic heterocycles. The molecule has 1 heterocycles. The maximum absolute atomic E-state index is 13.9. The van der Waals surface area contributed by atoms with Crippen molar-refractivity contribution in [2.45, 2.75) is 12.7 Å². The van der Waals surface area contributed by atoms with Gasteiger partial charge in [-0.2, -0.15) is 0 Å². The molecular weight excluding hydrogens is 348 g/mol. The number of anilines is 1. The van der Waals surface area contributed by atoms with Gasteiger partial charge >= 0.3 is 0 Å². The van der Waals surface area contributed by atoms with Crippen molar-refractivity contribution in [3.63, 3.8) is 0 Å². The van der Waals surface area contributed by atoms with Crippen molar-refractivity contribution < 1.29 is 13.9 Å². The number of nitrogens with zero attached hydrogens (tertiary/aromatic N) is 1. The predicted octanol–water partition coefficient (Wildman–Crippen LogP) is 2.88. The highest BCUT2D eigenvalue weighted by Crippen LogP contribution is 2.29. The van der Waals surface area contributed by atoms with Crippen LogP contribution in [0.25, 0.3) is 0 Å². The first-order chi connectivity index (χ1) is 8.65. The molecule has 1 aliphatic heterocycles. The molecular formula is C13H17FINO2. The first-order valence-electron chi connectivity index (χ1n) is 5.91. The van der Waals surface area contributed by atoms with Crippen LogP contribution in [0.2, 0.25) is 0 Å². The zero-order valence-electron chi connectivity index (χ0n) is 10.5. The zero-order chi connectivity index (χ0) is 13.1. The molecule has 1 aromatic carbocycles. The predicted molar refractivity (Wildman–Crippen MR) is 77.2 cm³/mol. The Bertz CT molecular complexity index is 412. The van der Waals surface area contributed by atoms with Crippen molar-refractivity contribution in [3.8, 4) is 0 Å². The fourth-order valence-electron chi connectivity index (χ4n) is 2.45. The Morgan fingerprint density at radius 2 is 2.11 bits per heavy atom. The van der Waals surface area contributed by atoms with Crippen molar-refractivity contribution in [1.82, 2.24) is 0 Å². The topological polar surface area (TPSA) is 21.7 Å². The minimum Gasteiger partial charge on any atom is -0.369 e. The van der Waals surface area contributed by atoms with Gasteiger partial charge in [0.15, 0.2) is 6.29 Å². The lowest BCUT2D eigenvalue weighted by molar-refractivity contribution is -0.132.